The molecule has 2 nitrogen and oxygen atoms in total. The van der Waals surface area contributed by atoms with Crippen LogP contribution in [0.25, 0.3) is 39.1 Å². The predicted octanol–water partition coefficient (Wildman–Crippen LogP) is 13.2. The number of fused-ring (bicyclic) bond motifs is 2. The van der Waals surface area contributed by atoms with Gasteiger partial charge in [0.1, 0.15) is 0 Å². The van der Waals surface area contributed by atoms with Crippen molar-refractivity contribution in [1.82, 2.24) is 0 Å². The number of benzene rings is 8. The summed E-state index contributed by atoms with van der Waals surface area (Å²) < 4.78 is 0. The molecule has 248 valence electrons. The number of hydrogen-bond acceptors (Lipinski definition) is 2. The number of rotatable bonds is 8. The Bertz CT molecular complexity index is 2440. The maximum absolute atomic E-state index is 4.00. The Morgan fingerprint density at radius 3 is 1.52 bits per heavy atom. The molecule has 0 fully saturated rings. The van der Waals surface area contributed by atoms with E-state index in [9.17, 15) is 0 Å². The number of anilines is 4. The first-order valence-electron chi connectivity index (χ1n) is 18.0. The molecular formula is C50H38N2. The van der Waals surface area contributed by atoms with Crippen LogP contribution in [0.5, 0.6) is 0 Å². The Balaban J connectivity index is 1.35. The lowest BCUT2D eigenvalue weighted by molar-refractivity contribution is 0.606. The molecule has 1 aliphatic rings. The zero-order chi connectivity index (χ0) is 34.7. The van der Waals surface area contributed by atoms with Crippen molar-refractivity contribution in [3.8, 4) is 22.3 Å². The van der Waals surface area contributed by atoms with Crippen LogP contribution in [-0.4, -0.2) is 0 Å². The molecular weight excluding hydrogens is 629 g/mol. The molecule has 0 bridgehead atoms. The van der Waals surface area contributed by atoms with Crippen molar-refractivity contribution < 1.29 is 0 Å². The highest BCUT2D eigenvalue weighted by molar-refractivity contribution is 6.11. The van der Waals surface area contributed by atoms with Gasteiger partial charge in [0, 0.05) is 29.2 Å². The molecule has 0 saturated carbocycles. The number of nitrogens with zero attached hydrogens (tertiary/aromatic N) is 1. The lowest BCUT2D eigenvalue weighted by Crippen LogP contribution is -2.37. The van der Waals surface area contributed by atoms with E-state index in [1.807, 2.05) is 0 Å². The summed E-state index contributed by atoms with van der Waals surface area (Å²) in [7, 11) is 0. The molecule has 1 unspecified atom stereocenters. The van der Waals surface area contributed by atoms with Crippen LogP contribution in [0.3, 0.4) is 0 Å². The summed E-state index contributed by atoms with van der Waals surface area (Å²) in [6, 6.07) is 71.7. The minimum atomic E-state index is -0.460. The molecule has 0 amide bonds. The standard InChI is InChI=1S/C50H38N2/c1-7-19-37(20-8-1)48-45-33-34-50(39-23-11-3-12-24-39,51-40-25-13-4-14-26-40)36-47(45)49(38-21-9-2-10-22-38)44-32-31-43(35-46(44)48)52(41-27-15-5-16-28-41)42-29-17-6-18-30-42/h1-35,51H,36H2. The summed E-state index contributed by atoms with van der Waals surface area (Å²) in [5.41, 5.74) is 12.8. The van der Waals surface area contributed by atoms with Gasteiger partial charge in [0.25, 0.3) is 0 Å². The Kier molecular flexibility index (Phi) is 8.19. The Morgan fingerprint density at radius 2 is 0.942 bits per heavy atom. The fraction of sp³-hybridized carbons (Fsp3) is 0.0400. The maximum Gasteiger partial charge on any atom is 0.0853 e. The summed E-state index contributed by atoms with van der Waals surface area (Å²) in [6.45, 7) is 0. The molecule has 0 aromatic heterocycles. The summed E-state index contributed by atoms with van der Waals surface area (Å²) in [5, 5.41) is 6.47. The molecule has 8 aromatic carbocycles. The van der Waals surface area contributed by atoms with E-state index in [4.69, 9.17) is 0 Å². The van der Waals surface area contributed by atoms with Gasteiger partial charge in [-0.1, -0.05) is 164 Å². The molecule has 8 aromatic rings. The zero-order valence-corrected chi connectivity index (χ0v) is 28.9. The van der Waals surface area contributed by atoms with E-state index >= 15 is 0 Å². The first-order chi connectivity index (χ1) is 25.8. The highest BCUT2D eigenvalue weighted by atomic mass is 15.1. The highest BCUT2D eigenvalue weighted by Gasteiger charge is 2.36. The van der Waals surface area contributed by atoms with Gasteiger partial charge < -0.3 is 10.2 Å². The molecule has 0 radical (unpaired) electrons. The van der Waals surface area contributed by atoms with E-state index in [-0.39, 0.29) is 0 Å². The van der Waals surface area contributed by atoms with Gasteiger partial charge in [-0.05, 0) is 98.2 Å². The third kappa shape index (κ3) is 5.75. The highest BCUT2D eigenvalue weighted by Crippen LogP contribution is 2.49. The summed E-state index contributed by atoms with van der Waals surface area (Å²) in [6.07, 6.45) is 5.56. The molecule has 1 N–H and O–H groups in total. The van der Waals surface area contributed by atoms with Crippen molar-refractivity contribution in [3.05, 3.63) is 223 Å². The lowest BCUT2D eigenvalue weighted by atomic mass is 9.72. The minimum absolute atomic E-state index is 0.460. The molecule has 0 saturated heterocycles. The molecule has 0 heterocycles. The average molecular weight is 667 g/mol. The molecule has 52 heavy (non-hydrogen) atoms. The quantitative estimate of drug-likeness (QED) is 0.174. The fourth-order valence-corrected chi connectivity index (χ4v) is 7.94. The van der Waals surface area contributed by atoms with Crippen LogP contribution in [-0.2, 0) is 12.0 Å². The van der Waals surface area contributed by atoms with Crippen LogP contribution in [0.15, 0.2) is 206 Å². The molecule has 2 heteroatoms. The second-order valence-electron chi connectivity index (χ2n) is 13.4. The fourth-order valence-electron chi connectivity index (χ4n) is 7.94. The van der Waals surface area contributed by atoms with Gasteiger partial charge in [-0.15, -0.1) is 0 Å². The SMILES string of the molecule is C1=CC(Nc2ccccc2)(c2ccccc2)Cc2c1c(-c1ccccc1)c1cc(N(c3ccccc3)c3ccccc3)ccc1c2-c1ccccc1. The van der Waals surface area contributed by atoms with Crippen molar-refractivity contribution in [2.75, 3.05) is 10.2 Å². The normalized spacial score (nSPS) is 14.8. The average Bonchev–Trinajstić information content (AvgIpc) is 3.22. The van der Waals surface area contributed by atoms with Gasteiger partial charge in [0.2, 0.25) is 0 Å². The monoisotopic (exact) mass is 666 g/mol. The van der Waals surface area contributed by atoms with Crippen molar-refractivity contribution in [2.24, 2.45) is 0 Å². The maximum atomic E-state index is 4.00. The van der Waals surface area contributed by atoms with E-state index in [0.717, 1.165) is 29.2 Å². The van der Waals surface area contributed by atoms with Gasteiger partial charge in [0.15, 0.2) is 0 Å². The Labute approximate surface area is 306 Å². The zero-order valence-electron chi connectivity index (χ0n) is 28.9. The van der Waals surface area contributed by atoms with Crippen LogP contribution in [0, 0.1) is 0 Å². The Hall–Kier alpha value is -6.64. The molecule has 1 aliphatic carbocycles. The topological polar surface area (TPSA) is 15.3 Å². The molecule has 0 aliphatic heterocycles. The van der Waals surface area contributed by atoms with Gasteiger partial charge in [-0.3, -0.25) is 0 Å². The Morgan fingerprint density at radius 1 is 0.442 bits per heavy atom. The number of para-hydroxylation sites is 3. The van der Waals surface area contributed by atoms with Gasteiger partial charge in [0.05, 0.1) is 5.54 Å². The van der Waals surface area contributed by atoms with Gasteiger partial charge in [-0.2, -0.15) is 0 Å². The largest absolute Gasteiger partial charge is 0.372 e. The summed E-state index contributed by atoms with van der Waals surface area (Å²) in [5.74, 6) is 0. The number of nitrogens with one attached hydrogen (secondary N) is 1. The van der Waals surface area contributed by atoms with Crippen LogP contribution >= 0.6 is 0 Å². The summed E-state index contributed by atoms with van der Waals surface area (Å²) >= 11 is 0. The molecule has 1 atom stereocenters. The van der Waals surface area contributed by atoms with E-state index < -0.39 is 5.54 Å². The number of hydrogen-bond donors (Lipinski definition) is 1. The third-order valence-electron chi connectivity index (χ3n) is 10.3. The first-order valence-corrected chi connectivity index (χ1v) is 18.0. The minimum Gasteiger partial charge on any atom is -0.372 e. The van der Waals surface area contributed by atoms with E-state index in [0.29, 0.717) is 0 Å². The second kappa shape index (κ2) is 13.6. The van der Waals surface area contributed by atoms with Crippen LogP contribution < -0.4 is 10.2 Å². The smallest absolute Gasteiger partial charge is 0.0853 e. The van der Waals surface area contributed by atoms with E-state index in [1.165, 1.54) is 49.7 Å². The summed E-state index contributed by atoms with van der Waals surface area (Å²) in [4.78, 5) is 2.36. The van der Waals surface area contributed by atoms with Crippen molar-refractivity contribution in [3.63, 3.8) is 0 Å². The van der Waals surface area contributed by atoms with E-state index in [2.05, 4.69) is 223 Å². The second-order valence-corrected chi connectivity index (χ2v) is 13.4. The van der Waals surface area contributed by atoms with Gasteiger partial charge in [-0.25, -0.2) is 0 Å². The van der Waals surface area contributed by atoms with Gasteiger partial charge >= 0.3 is 0 Å². The molecule has 9 rings (SSSR count). The van der Waals surface area contributed by atoms with Crippen molar-refractivity contribution in [1.29, 1.82) is 0 Å². The third-order valence-corrected chi connectivity index (χ3v) is 10.3. The van der Waals surface area contributed by atoms with Crippen LogP contribution in [0.4, 0.5) is 22.7 Å². The van der Waals surface area contributed by atoms with E-state index in [1.54, 1.807) is 0 Å². The molecule has 0 spiro atoms. The van der Waals surface area contributed by atoms with Crippen molar-refractivity contribution in [2.45, 2.75) is 12.0 Å². The first kappa shape index (κ1) is 31.3. The van der Waals surface area contributed by atoms with Crippen LogP contribution in [0.2, 0.25) is 0 Å². The van der Waals surface area contributed by atoms with Crippen LogP contribution in [0.1, 0.15) is 16.7 Å². The predicted molar refractivity (Wildman–Crippen MR) is 220 cm³/mol. The lowest BCUT2D eigenvalue weighted by Gasteiger charge is -2.39. The van der Waals surface area contributed by atoms with Crippen molar-refractivity contribution >= 4 is 39.6 Å².